The Morgan fingerprint density at radius 2 is 1.93 bits per heavy atom. The first-order valence-electron chi connectivity index (χ1n) is 8.86. The second-order valence-electron chi connectivity index (χ2n) is 6.39. The molecule has 6 nitrogen and oxygen atoms in total. The summed E-state index contributed by atoms with van der Waals surface area (Å²) in [7, 11) is 1.53. The molecule has 0 radical (unpaired) electrons. The quantitative estimate of drug-likeness (QED) is 0.616. The number of nitrogens with zero attached hydrogens (tertiary/aromatic N) is 2. The Labute approximate surface area is 168 Å². The van der Waals surface area contributed by atoms with Crippen LogP contribution >= 0.6 is 11.6 Å². The number of halogens is 1. The highest BCUT2D eigenvalue weighted by Gasteiger charge is 2.18. The van der Waals surface area contributed by atoms with E-state index in [1.54, 1.807) is 22.9 Å². The first-order chi connectivity index (χ1) is 13.4. The van der Waals surface area contributed by atoms with Gasteiger partial charge in [-0.25, -0.2) is 4.79 Å². The number of benzene rings is 2. The largest absolute Gasteiger partial charge is 0.496 e. The standard InChI is InChI=1S/C21H21ClN2O4/c1-3-16(25)12-24-19(13-4-7-15(22)8-5-13)11-18(23-24)17-10-14(21(26)27)6-9-20(17)28-2/h4-11,16,25H,3,12H2,1-2H3,(H,26,27). The zero-order chi connectivity index (χ0) is 20.3. The van der Waals surface area contributed by atoms with Crippen molar-refractivity contribution in [2.45, 2.75) is 26.0 Å². The van der Waals surface area contributed by atoms with Crippen LogP contribution in [0.2, 0.25) is 5.02 Å². The highest BCUT2D eigenvalue weighted by atomic mass is 35.5. The Morgan fingerprint density at radius 3 is 2.54 bits per heavy atom. The van der Waals surface area contributed by atoms with Gasteiger partial charge in [0.15, 0.2) is 0 Å². The van der Waals surface area contributed by atoms with Crippen molar-refractivity contribution in [3.05, 3.63) is 59.1 Å². The topological polar surface area (TPSA) is 84.6 Å². The summed E-state index contributed by atoms with van der Waals surface area (Å²) in [6, 6.07) is 13.8. The zero-order valence-electron chi connectivity index (χ0n) is 15.6. The van der Waals surface area contributed by atoms with Crippen molar-refractivity contribution in [2.24, 2.45) is 0 Å². The summed E-state index contributed by atoms with van der Waals surface area (Å²) < 4.78 is 7.12. The summed E-state index contributed by atoms with van der Waals surface area (Å²) in [5.41, 5.74) is 2.96. The van der Waals surface area contributed by atoms with Crippen molar-refractivity contribution >= 4 is 17.6 Å². The molecule has 0 fully saturated rings. The summed E-state index contributed by atoms with van der Waals surface area (Å²) in [6.07, 6.45) is 0.0404. The molecule has 0 aliphatic heterocycles. The van der Waals surface area contributed by atoms with Crippen LogP contribution in [0.25, 0.3) is 22.5 Å². The van der Waals surface area contributed by atoms with E-state index in [1.807, 2.05) is 25.1 Å². The zero-order valence-corrected chi connectivity index (χ0v) is 16.3. The lowest BCUT2D eigenvalue weighted by Gasteiger charge is -2.11. The molecule has 1 unspecified atom stereocenters. The minimum atomic E-state index is -1.03. The van der Waals surface area contributed by atoms with Gasteiger partial charge in [-0.2, -0.15) is 5.10 Å². The van der Waals surface area contributed by atoms with Gasteiger partial charge < -0.3 is 14.9 Å². The van der Waals surface area contributed by atoms with Gasteiger partial charge in [0.25, 0.3) is 0 Å². The molecule has 2 aromatic carbocycles. The maximum Gasteiger partial charge on any atom is 0.335 e. The number of carbonyl (C=O) groups is 1. The Hall–Kier alpha value is -2.83. The molecule has 2 N–H and O–H groups in total. The van der Waals surface area contributed by atoms with Gasteiger partial charge in [0.1, 0.15) is 5.75 Å². The average molecular weight is 401 g/mol. The molecule has 0 bridgehead atoms. The second-order valence-corrected chi connectivity index (χ2v) is 6.82. The molecule has 1 aromatic heterocycles. The summed E-state index contributed by atoms with van der Waals surface area (Å²) in [5.74, 6) is -0.504. The molecule has 7 heteroatoms. The number of aromatic carboxylic acids is 1. The number of carboxylic acid groups (broad SMARTS) is 1. The Bertz CT molecular complexity index is 983. The second kappa shape index (κ2) is 8.46. The third-order valence-corrected chi connectivity index (χ3v) is 4.75. The maximum atomic E-state index is 11.4. The first kappa shape index (κ1) is 19.9. The first-order valence-corrected chi connectivity index (χ1v) is 9.24. The van der Waals surface area contributed by atoms with Crippen molar-refractivity contribution < 1.29 is 19.7 Å². The van der Waals surface area contributed by atoms with Crippen LogP contribution in [-0.2, 0) is 6.54 Å². The van der Waals surface area contributed by atoms with Gasteiger partial charge in [0.05, 0.1) is 36.7 Å². The van der Waals surface area contributed by atoms with Crippen LogP contribution in [0.5, 0.6) is 5.75 Å². The van der Waals surface area contributed by atoms with Crippen LogP contribution in [0.3, 0.4) is 0 Å². The summed E-state index contributed by atoms with van der Waals surface area (Å²) in [6.45, 7) is 2.21. The SMILES string of the molecule is CCC(O)Cn1nc(-c2cc(C(=O)O)ccc2OC)cc1-c1ccc(Cl)cc1. The monoisotopic (exact) mass is 400 g/mol. The molecule has 0 aliphatic carbocycles. The van der Waals surface area contributed by atoms with E-state index in [0.29, 0.717) is 35.0 Å². The maximum absolute atomic E-state index is 11.4. The van der Waals surface area contributed by atoms with E-state index >= 15 is 0 Å². The third kappa shape index (κ3) is 4.18. The van der Waals surface area contributed by atoms with E-state index in [-0.39, 0.29) is 5.56 Å². The van der Waals surface area contributed by atoms with Crippen molar-refractivity contribution in [3.63, 3.8) is 0 Å². The van der Waals surface area contributed by atoms with E-state index in [9.17, 15) is 15.0 Å². The lowest BCUT2D eigenvalue weighted by atomic mass is 10.1. The summed E-state index contributed by atoms with van der Waals surface area (Å²) in [5, 5.41) is 24.7. The lowest BCUT2D eigenvalue weighted by Crippen LogP contribution is -2.16. The number of carboxylic acids is 1. The number of hydrogen-bond acceptors (Lipinski definition) is 4. The van der Waals surface area contributed by atoms with E-state index in [2.05, 4.69) is 5.10 Å². The molecule has 0 aliphatic rings. The van der Waals surface area contributed by atoms with Gasteiger partial charge in [-0.3, -0.25) is 4.68 Å². The fourth-order valence-electron chi connectivity index (χ4n) is 2.91. The normalized spacial score (nSPS) is 12.0. The number of aliphatic hydroxyl groups excluding tert-OH is 1. The van der Waals surface area contributed by atoms with Gasteiger partial charge in [-0.15, -0.1) is 0 Å². The number of rotatable bonds is 7. The third-order valence-electron chi connectivity index (χ3n) is 4.50. The fourth-order valence-corrected chi connectivity index (χ4v) is 3.04. The molecule has 0 saturated heterocycles. The van der Waals surface area contributed by atoms with E-state index in [4.69, 9.17) is 16.3 Å². The number of aliphatic hydroxyl groups is 1. The van der Waals surface area contributed by atoms with Crippen LogP contribution < -0.4 is 4.74 Å². The number of ether oxygens (including phenoxy) is 1. The van der Waals surface area contributed by atoms with Crippen LogP contribution in [-0.4, -0.2) is 39.2 Å². The molecule has 1 atom stereocenters. The number of hydrogen-bond donors (Lipinski definition) is 2. The van der Waals surface area contributed by atoms with E-state index < -0.39 is 12.1 Å². The molecule has 0 amide bonds. The van der Waals surface area contributed by atoms with Crippen LogP contribution in [0.4, 0.5) is 0 Å². The molecule has 28 heavy (non-hydrogen) atoms. The van der Waals surface area contributed by atoms with Crippen LogP contribution in [0.15, 0.2) is 48.5 Å². The molecule has 0 spiro atoms. The van der Waals surface area contributed by atoms with Crippen molar-refractivity contribution in [2.75, 3.05) is 7.11 Å². The summed E-state index contributed by atoms with van der Waals surface area (Å²) >= 11 is 6.00. The molecule has 3 rings (SSSR count). The van der Waals surface area contributed by atoms with Crippen LogP contribution in [0.1, 0.15) is 23.7 Å². The van der Waals surface area contributed by atoms with Gasteiger partial charge in [-0.05, 0) is 48.4 Å². The Kier molecular flexibility index (Phi) is 6.02. The molecule has 1 heterocycles. The van der Waals surface area contributed by atoms with Gasteiger partial charge in [0, 0.05) is 10.6 Å². The fraction of sp³-hybridized carbons (Fsp3) is 0.238. The number of methoxy groups -OCH3 is 1. The molecule has 146 valence electrons. The van der Waals surface area contributed by atoms with Crippen molar-refractivity contribution in [1.82, 2.24) is 9.78 Å². The predicted molar refractivity (Wildman–Crippen MR) is 108 cm³/mol. The average Bonchev–Trinajstić information content (AvgIpc) is 3.11. The molecule has 0 saturated carbocycles. The van der Waals surface area contributed by atoms with Crippen molar-refractivity contribution in [3.8, 4) is 28.3 Å². The Balaban J connectivity index is 2.15. The smallest absolute Gasteiger partial charge is 0.335 e. The minimum Gasteiger partial charge on any atom is -0.496 e. The lowest BCUT2D eigenvalue weighted by molar-refractivity contribution is 0.0697. The highest BCUT2D eigenvalue weighted by Crippen LogP contribution is 2.33. The van der Waals surface area contributed by atoms with Crippen molar-refractivity contribution in [1.29, 1.82) is 0 Å². The van der Waals surface area contributed by atoms with E-state index in [0.717, 1.165) is 11.3 Å². The minimum absolute atomic E-state index is 0.145. The predicted octanol–water partition coefficient (Wildman–Crippen LogP) is 4.35. The molecular weight excluding hydrogens is 380 g/mol. The van der Waals surface area contributed by atoms with Gasteiger partial charge in [0.2, 0.25) is 0 Å². The molecular formula is C21H21ClN2O4. The van der Waals surface area contributed by atoms with E-state index in [1.165, 1.54) is 19.2 Å². The highest BCUT2D eigenvalue weighted by molar-refractivity contribution is 6.30. The molecule has 3 aromatic rings. The number of aromatic nitrogens is 2. The van der Waals surface area contributed by atoms with Gasteiger partial charge in [-0.1, -0.05) is 30.7 Å². The van der Waals surface area contributed by atoms with Crippen LogP contribution in [0, 0.1) is 0 Å². The Morgan fingerprint density at radius 1 is 1.21 bits per heavy atom. The van der Waals surface area contributed by atoms with Gasteiger partial charge >= 0.3 is 5.97 Å². The summed E-state index contributed by atoms with van der Waals surface area (Å²) in [4.78, 5) is 11.4.